The maximum atomic E-state index is 10.1. The van der Waals surface area contributed by atoms with Gasteiger partial charge in [-0.2, -0.15) is 0 Å². The third-order valence-electron chi connectivity index (χ3n) is 3.88. The summed E-state index contributed by atoms with van der Waals surface area (Å²) in [4.78, 5) is 9.15. The van der Waals surface area contributed by atoms with E-state index in [9.17, 15) is 5.11 Å². The SMILES string of the molecule is CCCNc1cc(NC2CCCCC2O)nc(C(C)C)n1. The zero-order valence-corrected chi connectivity index (χ0v) is 13.4. The van der Waals surface area contributed by atoms with E-state index in [4.69, 9.17) is 0 Å². The molecule has 118 valence electrons. The molecule has 2 atom stereocenters. The molecular weight excluding hydrogens is 264 g/mol. The van der Waals surface area contributed by atoms with Gasteiger partial charge in [-0.25, -0.2) is 9.97 Å². The van der Waals surface area contributed by atoms with Crippen LogP contribution in [0.1, 0.15) is 64.6 Å². The van der Waals surface area contributed by atoms with Crippen LogP contribution in [0.15, 0.2) is 6.07 Å². The number of aromatic nitrogens is 2. The highest BCUT2D eigenvalue weighted by atomic mass is 16.3. The van der Waals surface area contributed by atoms with Crippen LogP contribution in [0, 0.1) is 0 Å². The molecule has 1 heterocycles. The summed E-state index contributed by atoms with van der Waals surface area (Å²) in [7, 11) is 0. The molecule has 1 aliphatic rings. The molecule has 2 rings (SSSR count). The first kappa shape index (κ1) is 16.0. The number of hydrogen-bond donors (Lipinski definition) is 3. The van der Waals surface area contributed by atoms with Crippen molar-refractivity contribution in [2.75, 3.05) is 17.2 Å². The van der Waals surface area contributed by atoms with Gasteiger partial charge in [-0.3, -0.25) is 0 Å². The van der Waals surface area contributed by atoms with E-state index in [0.717, 1.165) is 56.1 Å². The molecule has 21 heavy (non-hydrogen) atoms. The number of nitrogens with zero attached hydrogens (tertiary/aromatic N) is 2. The highest BCUT2D eigenvalue weighted by Gasteiger charge is 2.23. The fraction of sp³-hybridized carbons (Fsp3) is 0.750. The quantitative estimate of drug-likeness (QED) is 0.751. The number of aliphatic hydroxyl groups excluding tert-OH is 1. The fourth-order valence-corrected chi connectivity index (χ4v) is 2.61. The summed E-state index contributed by atoms with van der Waals surface area (Å²) in [5.74, 6) is 2.80. The molecular formula is C16H28N4O. The molecule has 5 heteroatoms. The lowest BCUT2D eigenvalue weighted by molar-refractivity contribution is 0.116. The van der Waals surface area contributed by atoms with Crippen LogP contribution in [0.5, 0.6) is 0 Å². The van der Waals surface area contributed by atoms with Crippen molar-refractivity contribution in [2.24, 2.45) is 0 Å². The Morgan fingerprint density at radius 1 is 1.24 bits per heavy atom. The number of hydrogen-bond acceptors (Lipinski definition) is 5. The van der Waals surface area contributed by atoms with Crippen molar-refractivity contribution in [2.45, 2.75) is 70.9 Å². The third kappa shape index (κ3) is 4.56. The first-order chi connectivity index (χ1) is 10.1. The highest BCUT2D eigenvalue weighted by molar-refractivity contribution is 5.48. The molecule has 1 fully saturated rings. The summed E-state index contributed by atoms with van der Waals surface area (Å²) in [5.41, 5.74) is 0. The Labute approximate surface area is 127 Å². The predicted molar refractivity (Wildman–Crippen MR) is 86.8 cm³/mol. The van der Waals surface area contributed by atoms with Crippen molar-refractivity contribution in [1.29, 1.82) is 0 Å². The van der Waals surface area contributed by atoms with Gasteiger partial charge in [-0.05, 0) is 19.3 Å². The number of aliphatic hydroxyl groups is 1. The Bertz CT molecular complexity index is 450. The highest BCUT2D eigenvalue weighted by Crippen LogP contribution is 2.23. The Morgan fingerprint density at radius 2 is 1.95 bits per heavy atom. The molecule has 0 spiro atoms. The summed E-state index contributed by atoms with van der Waals surface area (Å²) < 4.78 is 0. The van der Waals surface area contributed by atoms with Gasteiger partial charge in [0.1, 0.15) is 17.5 Å². The first-order valence-electron chi connectivity index (χ1n) is 8.17. The van der Waals surface area contributed by atoms with E-state index >= 15 is 0 Å². The van der Waals surface area contributed by atoms with Gasteiger partial charge in [0.05, 0.1) is 12.1 Å². The zero-order chi connectivity index (χ0) is 15.2. The smallest absolute Gasteiger partial charge is 0.135 e. The fourth-order valence-electron chi connectivity index (χ4n) is 2.61. The summed E-state index contributed by atoms with van der Waals surface area (Å²) in [6.07, 6.45) is 4.94. The van der Waals surface area contributed by atoms with E-state index < -0.39 is 0 Å². The van der Waals surface area contributed by atoms with Gasteiger partial charge >= 0.3 is 0 Å². The maximum absolute atomic E-state index is 10.1. The normalized spacial score (nSPS) is 22.3. The van der Waals surface area contributed by atoms with Gasteiger partial charge in [0.25, 0.3) is 0 Å². The number of anilines is 2. The van der Waals surface area contributed by atoms with Gasteiger partial charge in [0.2, 0.25) is 0 Å². The molecule has 0 aliphatic heterocycles. The lowest BCUT2D eigenvalue weighted by atomic mass is 9.92. The summed E-state index contributed by atoms with van der Waals surface area (Å²) >= 11 is 0. The van der Waals surface area contributed by atoms with E-state index in [0.29, 0.717) is 0 Å². The van der Waals surface area contributed by atoms with E-state index in [1.54, 1.807) is 0 Å². The molecule has 0 amide bonds. The summed E-state index contributed by atoms with van der Waals surface area (Å²) in [5, 5.41) is 16.8. The average Bonchev–Trinajstić information content (AvgIpc) is 2.47. The minimum atomic E-state index is -0.275. The van der Waals surface area contributed by atoms with Gasteiger partial charge in [-0.1, -0.05) is 33.6 Å². The standard InChI is InChI=1S/C16H28N4O/c1-4-9-17-14-10-15(20-16(19-14)11(2)3)18-12-7-5-6-8-13(12)21/h10-13,21H,4-9H2,1-3H3,(H2,17,18,19,20). The molecule has 5 nitrogen and oxygen atoms in total. The van der Waals surface area contributed by atoms with Crippen LogP contribution in [0.3, 0.4) is 0 Å². The molecule has 1 aromatic heterocycles. The summed E-state index contributed by atoms with van der Waals surface area (Å²) in [6.45, 7) is 7.23. The first-order valence-corrected chi connectivity index (χ1v) is 8.17. The Balaban J connectivity index is 2.14. The minimum Gasteiger partial charge on any atom is -0.391 e. The molecule has 0 radical (unpaired) electrons. The van der Waals surface area contributed by atoms with Crippen molar-refractivity contribution < 1.29 is 5.11 Å². The van der Waals surface area contributed by atoms with Crippen LogP contribution in [0.25, 0.3) is 0 Å². The lowest BCUT2D eigenvalue weighted by Crippen LogP contribution is -2.36. The van der Waals surface area contributed by atoms with Gasteiger partial charge in [-0.15, -0.1) is 0 Å². The van der Waals surface area contributed by atoms with Crippen molar-refractivity contribution >= 4 is 11.6 Å². The molecule has 3 N–H and O–H groups in total. The zero-order valence-electron chi connectivity index (χ0n) is 13.4. The third-order valence-corrected chi connectivity index (χ3v) is 3.88. The van der Waals surface area contributed by atoms with Crippen LogP contribution < -0.4 is 10.6 Å². The largest absolute Gasteiger partial charge is 0.391 e. The maximum Gasteiger partial charge on any atom is 0.135 e. The minimum absolute atomic E-state index is 0.104. The Hall–Kier alpha value is -1.36. The molecule has 1 aromatic rings. The Kier molecular flexibility index (Phi) is 5.79. The molecule has 0 saturated heterocycles. The number of rotatable bonds is 6. The van der Waals surface area contributed by atoms with E-state index in [2.05, 4.69) is 41.4 Å². The van der Waals surface area contributed by atoms with E-state index in [1.165, 1.54) is 0 Å². The van der Waals surface area contributed by atoms with Crippen LogP contribution in [-0.2, 0) is 0 Å². The molecule has 1 aliphatic carbocycles. The van der Waals surface area contributed by atoms with Crippen LogP contribution >= 0.6 is 0 Å². The van der Waals surface area contributed by atoms with Gasteiger partial charge < -0.3 is 15.7 Å². The van der Waals surface area contributed by atoms with Crippen LogP contribution in [0.4, 0.5) is 11.6 Å². The second-order valence-corrected chi connectivity index (χ2v) is 6.18. The van der Waals surface area contributed by atoms with Crippen molar-refractivity contribution in [3.05, 3.63) is 11.9 Å². The monoisotopic (exact) mass is 292 g/mol. The van der Waals surface area contributed by atoms with Crippen molar-refractivity contribution in [3.63, 3.8) is 0 Å². The topological polar surface area (TPSA) is 70.1 Å². The molecule has 1 saturated carbocycles. The van der Waals surface area contributed by atoms with E-state index in [-0.39, 0.29) is 18.1 Å². The molecule has 0 aromatic carbocycles. The summed E-state index contributed by atoms with van der Waals surface area (Å²) in [6, 6.07) is 2.05. The van der Waals surface area contributed by atoms with Crippen LogP contribution in [0.2, 0.25) is 0 Å². The number of nitrogens with one attached hydrogen (secondary N) is 2. The van der Waals surface area contributed by atoms with Gasteiger partial charge in [0.15, 0.2) is 0 Å². The second-order valence-electron chi connectivity index (χ2n) is 6.18. The van der Waals surface area contributed by atoms with Crippen molar-refractivity contribution in [1.82, 2.24) is 9.97 Å². The van der Waals surface area contributed by atoms with Crippen LogP contribution in [-0.4, -0.2) is 33.8 Å². The molecule has 0 bridgehead atoms. The van der Waals surface area contributed by atoms with E-state index in [1.807, 2.05) is 6.07 Å². The van der Waals surface area contributed by atoms with Gasteiger partial charge in [0, 0.05) is 18.5 Å². The lowest BCUT2D eigenvalue weighted by Gasteiger charge is -2.29. The predicted octanol–water partition coefficient (Wildman–Crippen LogP) is 3.14. The second kappa shape index (κ2) is 7.59. The average molecular weight is 292 g/mol. The van der Waals surface area contributed by atoms with Crippen molar-refractivity contribution in [3.8, 4) is 0 Å². The molecule has 2 unspecified atom stereocenters. The Morgan fingerprint density at radius 3 is 2.62 bits per heavy atom.